The smallest absolute Gasteiger partial charge is 0.262 e. The molecule has 0 bridgehead atoms. The molecule has 0 spiro atoms. The van der Waals surface area contributed by atoms with Crippen LogP contribution in [0.1, 0.15) is 29.5 Å². The molecule has 0 radical (unpaired) electrons. The maximum Gasteiger partial charge on any atom is 0.262 e. The first-order chi connectivity index (χ1) is 15.2. The molecule has 2 amide bonds. The predicted octanol–water partition coefficient (Wildman–Crippen LogP) is 2.35. The first-order valence-electron chi connectivity index (χ1n) is 10.6. The molecule has 1 fully saturated rings. The number of amides is 2. The summed E-state index contributed by atoms with van der Waals surface area (Å²) in [6, 6.07) is 11.0. The summed E-state index contributed by atoms with van der Waals surface area (Å²) in [5.74, 6) is -0.489. The van der Waals surface area contributed by atoms with E-state index in [1.54, 1.807) is 13.0 Å². The predicted molar refractivity (Wildman–Crippen MR) is 120 cm³/mol. The van der Waals surface area contributed by atoms with E-state index in [2.05, 4.69) is 10.6 Å². The monoisotopic (exact) mass is 457 g/mol. The summed E-state index contributed by atoms with van der Waals surface area (Å²) in [4.78, 5) is 24.4. The minimum Gasteiger partial charge on any atom is -0.482 e. The molecule has 0 aromatic heterocycles. The number of carbonyl (C=O) groups excluding carboxylic acids is 2. The molecule has 0 aliphatic carbocycles. The molecule has 2 heterocycles. The van der Waals surface area contributed by atoms with E-state index in [1.807, 2.05) is 31.2 Å². The Morgan fingerprint density at radius 1 is 1.22 bits per heavy atom. The van der Waals surface area contributed by atoms with Crippen molar-refractivity contribution in [2.75, 3.05) is 25.0 Å². The number of nitrogens with one attached hydrogen (secondary N) is 2. The van der Waals surface area contributed by atoms with Gasteiger partial charge in [-0.15, -0.1) is 0 Å². The van der Waals surface area contributed by atoms with Crippen LogP contribution in [0.2, 0.25) is 0 Å². The van der Waals surface area contributed by atoms with Crippen LogP contribution >= 0.6 is 0 Å². The molecule has 2 N–H and O–H groups in total. The molecule has 0 saturated carbocycles. The second kappa shape index (κ2) is 8.91. The van der Waals surface area contributed by atoms with Crippen molar-refractivity contribution >= 4 is 27.5 Å². The number of aryl methyl sites for hydroxylation is 2. The van der Waals surface area contributed by atoms with E-state index >= 15 is 0 Å². The number of benzene rings is 2. The van der Waals surface area contributed by atoms with E-state index in [4.69, 9.17) is 4.74 Å². The summed E-state index contributed by atoms with van der Waals surface area (Å²) < 4.78 is 33.6. The third-order valence-electron chi connectivity index (χ3n) is 5.87. The van der Waals surface area contributed by atoms with Crippen LogP contribution in [0.3, 0.4) is 0 Å². The van der Waals surface area contributed by atoms with Gasteiger partial charge in [-0.25, -0.2) is 8.42 Å². The largest absolute Gasteiger partial charge is 0.482 e. The summed E-state index contributed by atoms with van der Waals surface area (Å²) in [6.07, 6.45) is 1.25. The highest BCUT2D eigenvalue weighted by atomic mass is 32.2. The number of anilines is 1. The first-order valence-corrected chi connectivity index (χ1v) is 12.1. The van der Waals surface area contributed by atoms with Crippen molar-refractivity contribution in [1.29, 1.82) is 0 Å². The zero-order valence-electron chi connectivity index (χ0n) is 18.2. The fraction of sp³-hybridized carbons (Fsp3) is 0.391. The Kier molecular flexibility index (Phi) is 6.21. The lowest BCUT2D eigenvalue weighted by Crippen LogP contribution is -2.45. The van der Waals surface area contributed by atoms with Crippen LogP contribution in [0.5, 0.6) is 5.75 Å². The number of fused-ring (bicyclic) bond motifs is 1. The molecule has 32 heavy (non-hydrogen) atoms. The molecule has 2 aromatic rings. The lowest BCUT2D eigenvalue weighted by atomic mass is 9.98. The van der Waals surface area contributed by atoms with E-state index in [0.29, 0.717) is 42.9 Å². The Balaban J connectivity index is 1.47. The van der Waals surface area contributed by atoms with Gasteiger partial charge in [0.1, 0.15) is 5.75 Å². The Morgan fingerprint density at radius 3 is 2.72 bits per heavy atom. The van der Waals surface area contributed by atoms with E-state index < -0.39 is 15.9 Å². The zero-order valence-corrected chi connectivity index (χ0v) is 19.0. The molecule has 2 aromatic carbocycles. The number of nitrogens with zero attached hydrogens (tertiary/aromatic N) is 1. The summed E-state index contributed by atoms with van der Waals surface area (Å²) in [6.45, 7) is 4.45. The molecule has 8 nitrogen and oxygen atoms in total. The fourth-order valence-electron chi connectivity index (χ4n) is 4.05. The number of hydrogen-bond donors (Lipinski definition) is 2. The molecule has 2 aliphatic rings. The second-order valence-corrected chi connectivity index (χ2v) is 10.3. The number of sulfonamides is 1. The summed E-state index contributed by atoms with van der Waals surface area (Å²) in [5, 5.41) is 5.62. The first kappa shape index (κ1) is 22.3. The van der Waals surface area contributed by atoms with Crippen molar-refractivity contribution in [3.05, 3.63) is 53.1 Å². The van der Waals surface area contributed by atoms with Crippen LogP contribution in [0.15, 0.2) is 41.3 Å². The Bertz CT molecular complexity index is 1140. The van der Waals surface area contributed by atoms with Crippen molar-refractivity contribution in [2.45, 2.75) is 38.1 Å². The highest BCUT2D eigenvalue weighted by Crippen LogP contribution is 2.35. The number of rotatable bonds is 5. The van der Waals surface area contributed by atoms with Crippen molar-refractivity contribution in [2.24, 2.45) is 5.92 Å². The number of hydrogen-bond acceptors (Lipinski definition) is 5. The summed E-state index contributed by atoms with van der Waals surface area (Å²) in [7, 11) is -3.82. The summed E-state index contributed by atoms with van der Waals surface area (Å²) >= 11 is 0. The minimum absolute atomic E-state index is 0.133. The molecule has 2 aliphatic heterocycles. The van der Waals surface area contributed by atoms with E-state index in [1.165, 1.54) is 10.4 Å². The Labute approximate surface area is 188 Å². The van der Waals surface area contributed by atoms with Gasteiger partial charge in [-0.3, -0.25) is 9.59 Å². The van der Waals surface area contributed by atoms with Crippen LogP contribution in [-0.4, -0.2) is 44.2 Å². The standard InChI is InChI=1S/C23H27N3O5S/c1-15-5-7-17(8-6-15)12-24-23(28)18-4-3-9-26(13-18)32(29,30)21-11-20-19(10-16(21)2)25-22(27)14-31-20/h5-8,10-11,18H,3-4,9,12-14H2,1-2H3,(H,24,28)(H,25,27)/t18-/m0/s1. The highest BCUT2D eigenvalue weighted by molar-refractivity contribution is 7.89. The highest BCUT2D eigenvalue weighted by Gasteiger charge is 2.35. The third kappa shape index (κ3) is 4.63. The van der Waals surface area contributed by atoms with Gasteiger partial charge in [0.15, 0.2) is 6.61 Å². The minimum atomic E-state index is -3.82. The van der Waals surface area contributed by atoms with Gasteiger partial charge in [0.05, 0.1) is 16.5 Å². The van der Waals surface area contributed by atoms with E-state index in [-0.39, 0.29) is 29.9 Å². The molecule has 4 rings (SSSR count). The maximum absolute atomic E-state index is 13.4. The van der Waals surface area contributed by atoms with Gasteiger partial charge in [-0.2, -0.15) is 4.31 Å². The fourth-order valence-corrected chi connectivity index (χ4v) is 5.79. The Hall–Kier alpha value is -2.91. The quantitative estimate of drug-likeness (QED) is 0.717. The van der Waals surface area contributed by atoms with Gasteiger partial charge in [0, 0.05) is 25.7 Å². The van der Waals surface area contributed by atoms with Gasteiger partial charge in [-0.1, -0.05) is 29.8 Å². The average Bonchev–Trinajstić information content (AvgIpc) is 2.78. The van der Waals surface area contributed by atoms with Crippen LogP contribution in [0, 0.1) is 19.8 Å². The molecule has 9 heteroatoms. The normalized spacial score (nSPS) is 18.9. The molecular formula is C23H27N3O5S. The number of ether oxygens (including phenoxy) is 1. The van der Waals surface area contributed by atoms with E-state index in [0.717, 1.165) is 11.1 Å². The van der Waals surface area contributed by atoms with Crippen LogP contribution < -0.4 is 15.4 Å². The van der Waals surface area contributed by atoms with Crippen LogP contribution in [-0.2, 0) is 26.2 Å². The second-order valence-electron chi connectivity index (χ2n) is 8.36. The molecule has 170 valence electrons. The van der Waals surface area contributed by atoms with Crippen molar-refractivity contribution in [3.8, 4) is 5.75 Å². The molecule has 0 unspecified atom stereocenters. The molecular weight excluding hydrogens is 430 g/mol. The lowest BCUT2D eigenvalue weighted by Gasteiger charge is -2.32. The zero-order chi connectivity index (χ0) is 22.9. The van der Waals surface area contributed by atoms with Crippen molar-refractivity contribution in [3.63, 3.8) is 0 Å². The van der Waals surface area contributed by atoms with Crippen LogP contribution in [0.25, 0.3) is 0 Å². The molecule has 1 saturated heterocycles. The Morgan fingerprint density at radius 2 is 1.97 bits per heavy atom. The topological polar surface area (TPSA) is 105 Å². The third-order valence-corrected chi connectivity index (χ3v) is 7.88. The lowest BCUT2D eigenvalue weighted by molar-refractivity contribution is -0.126. The van der Waals surface area contributed by atoms with Gasteiger partial charge in [0.25, 0.3) is 5.91 Å². The number of carbonyl (C=O) groups is 2. The summed E-state index contributed by atoms with van der Waals surface area (Å²) in [5.41, 5.74) is 3.13. The average molecular weight is 458 g/mol. The van der Waals surface area contributed by atoms with E-state index in [9.17, 15) is 18.0 Å². The SMILES string of the molecule is Cc1ccc(CNC(=O)[C@H]2CCCN(S(=O)(=O)c3cc4c(cc3C)NC(=O)CO4)C2)cc1. The maximum atomic E-state index is 13.4. The van der Waals surface area contributed by atoms with Crippen LogP contribution in [0.4, 0.5) is 5.69 Å². The van der Waals surface area contributed by atoms with Gasteiger partial charge < -0.3 is 15.4 Å². The number of piperidine rings is 1. The van der Waals surface area contributed by atoms with Gasteiger partial charge >= 0.3 is 0 Å². The van der Waals surface area contributed by atoms with Gasteiger partial charge in [-0.05, 0) is 43.9 Å². The van der Waals surface area contributed by atoms with Crippen molar-refractivity contribution in [1.82, 2.24) is 9.62 Å². The molecule has 1 atom stereocenters. The van der Waals surface area contributed by atoms with Crippen molar-refractivity contribution < 1.29 is 22.7 Å². The van der Waals surface area contributed by atoms with Gasteiger partial charge in [0.2, 0.25) is 15.9 Å².